The number of anilines is 2. The van der Waals surface area contributed by atoms with Crippen LogP contribution in [-0.4, -0.2) is 23.3 Å². The largest absolute Gasteiger partial charge is 0.312 e. The van der Waals surface area contributed by atoms with E-state index in [9.17, 15) is 14.0 Å². The van der Waals surface area contributed by atoms with Crippen molar-refractivity contribution in [2.75, 3.05) is 16.8 Å². The van der Waals surface area contributed by atoms with Crippen LogP contribution in [-0.2, 0) is 11.2 Å². The summed E-state index contributed by atoms with van der Waals surface area (Å²) in [5, 5.41) is 4.92. The van der Waals surface area contributed by atoms with Crippen molar-refractivity contribution in [3.8, 4) is 0 Å². The maximum Gasteiger partial charge on any atom is 0.257 e. The maximum atomic E-state index is 13.1. The van der Waals surface area contributed by atoms with Gasteiger partial charge in [-0.15, -0.1) is 11.3 Å². The molecule has 27 heavy (non-hydrogen) atoms. The SMILES string of the molecule is CCN(C(=O)Cc1csc(NC(=O)c2ccccc2)n1)c1ccc(F)cc1. The fraction of sp³-hybridized carbons (Fsp3) is 0.150. The lowest BCUT2D eigenvalue weighted by Crippen LogP contribution is -2.32. The molecule has 1 heterocycles. The zero-order chi connectivity index (χ0) is 19.2. The molecule has 0 radical (unpaired) electrons. The summed E-state index contributed by atoms with van der Waals surface area (Å²) in [4.78, 5) is 30.6. The lowest BCUT2D eigenvalue weighted by atomic mass is 10.2. The van der Waals surface area contributed by atoms with Crippen LogP contribution in [0.2, 0.25) is 0 Å². The van der Waals surface area contributed by atoms with Crippen LogP contribution >= 0.6 is 11.3 Å². The van der Waals surface area contributed by atoms with Gasteiger partial charge in [0.15, 0.2) is 5.13 Å². The molecule has 1 N–H and O–H groups in total. The van der Waals surface area contributed by atoms with E-state index in [1.165, 1.54) is 23.5 Å². The van der Waals surface area contributed by atoms with Crippen molar-refractivity contribution in [2.24, 2.45) is 0 Å². The molecule has 3 aromatic rings. The zero-order valence-corrected chi connectivity index (χ0v) is 15.5. The van der Waals surface area contributed by atoms with Gasteiger partial charge in [0.25, 0.3) is 5.91 Å². The first-order valence-electron chi connectivity index (χ1n) is 8.43. The number of nitrogens with zero attached hydrogens (tertiary/aromatic N) is 2. The number of rotatable bonds is 6. The van der Waals surface area contributed by atoms with Crippen LogP contribution in [0.25, 0.3) is 0 Å². The minimum absolute atomic E-state index is 0.100. The first kappa shape index (κ1) is 18.7. The molecule has 0 bridgehead atoms. The second-order valence-electron chi connectivity index (χ2n) is 5.76. The number of nitrogens with one attached hydrogen (secondary N) is 1. The Morgan fingerprint density at radius 1 is 1.11 bits per heavy atom. The molecule has 2 aromatic carbocycles. The molecule has 0 aliphatic heterocycles. The van der Waals surface area contributed by atoms with E-state index in [2.05, 4.69) is 10.3 Å². The maximum absolute atomic E-state index is 13.1. The van der Waals surface area contributed by atoms with Gasteiger partial charge in [-0.25, -0.2) is 9.37 Å². The molecule has 0 aliphatic carbocycles. The van der Waals surface area contributed by atoms with Crippen LogP contribution in [0, 0.1) is 5.82 Å². The minimum atomic E-state index is -0.347. The topological polar surface area (TPSA) is 62.3 Å². The monoisotopic (exact) mass is 383 g/mol. The third-order valence-electron chi connectivity index (χ3n) is 3.90. The molecule has 0 saturated heterocycles. The molecule has 0 saturated carbocycles. The van der Waals surface area contributed by atoms with Crippen molar-refractivity contribution < 1.29 is 14.0 Å². The second-order valence-corrected chi connectivity index (χ2v) is 6.61. The number of benzene rings is 2. The molecular formula is C20H18FN3O2S. The Hall–Kier alpha value is -3.06. The number of carbonyl (C=O) groups excluding carboxylic acids is 2. The fourth-order valence-electron chi connectivity index (χ4n) is 2.58. The highest BCUT2D eigenvalue weighted by Gasteiger charge is 2.17. The molecule has 0 spiro atoms. The van der Waals surface area contributed by atoms with E-state index in [0.29, 0.717) is 28.6 Å². The van der Waals surface area contributed by atoms with Gasteiger partial charge in [-0.1, -0.05) is 18.2 Å². The van der Waals surface area contributed by atoms with E-state index in [1.807, 2.05) is 13.0 Å². The standard InChI is InChI=1S/C20H18FN3O2S/c1-2-24(17-10-8-15(21)9-11-17)18(25)12-16-13-27-20(22-16)23-19(26)14-6-4-3-5-7-14/h3-11,13H,2,12H2,1H3,(H,22,23,26). The summed E-state index contributed by atoms with van der Waals surface area (Å²) in [5.74, 6) is -0.736. The highest BCUT2D eigenvalue weighted by atomic mass is 32.1. The predicted molar refractivity (Wildman–Crippen MR) is 105 cm³/mol. The van der Waals surface area contributed by atoms with Crippen molar-refractivity contribution in [3.63, 3.8) is 0 Å². The first-order chi connectivity index (χ1) is 13.1. The third kappa shape index (κ3) is 4.77. The average molecular weight is 383 g/mol. The molecular weight excluding hydrogens is 365 g/mol. The van der Waals surface area contributed by atoms with E-state index in [0.717, 1.165) is 0 Å². The van der Waals surface area contributed by atoms with Gasteiger partial charge in [0.2, 0.25) is 5.91 Å². The van der Waals surface area contributed by atoms with Crippen molar-refractivity contribution >= 4 is 34.0 Å². The van der Waals surface area contributed by atoms with Crippen LogP contribution in [0.1, 0.15) is 23.0 Å². The number of carbonyl (C=O) groups is 2. The molecule has 138 valence electrons. The van der Waals surface area contributed by atoms with Gasteiger partial charge >= 0.3 is 0 Å². The highest BCUT2D eigenvalue weighted by molar-refractivity contribution is 7.14. The molecule has 0 fully saturated rings. The lowest BCUT2D eigenvalue weighted by Gasteiger charge is -2.20. The minimum Gasteiger partial charge on any atom is -0.312 e. The van der Waals surface area contributed by atoms with Crippen LogP contribution < -0.4 is 10.2 Å². The molecule has 1 aromatic heterocycles. The summed E-state index contributed by atoms with van der Waals surface area (Å²) in [6, 6.07) is 14.6. The fourth-order valence-corrected chi connectivity index (χ4v) is 3.28. The lowest BCUT2D eigenvalue weighted by molar-refractivity contribution is -0.118. The first-order valence-corrected chi connectivity index (χ1v) is 9.31. The predicted octanol–water partition coefficient (Wildman–Crippen LogP) is 4.13. The zero-order valence-electron chi connectivity index (χ0n) is 14.7. The summed E-state index contributed by atoms with van der Waals surface area (Å²) in [7, 11) is 0. The number of thiazole rings is 1. The van der Waals surface area contributed by atoms with Gasteiger partial charge in [-0.3, -0.25) is 14.9 Å². The summed E-state index contributed by atoms with van der Waals surface area (Å²) in [5.41, 5.74) is 1.75. The van der Waals surface area contributed by atoms with Gasteiger partial charge in [0.05, 0.1) is 12.1 Å². The molecule has 0 atom stereocenters. The van der Waals surface area contributed by atoms with Crippen LogP contribution in [0.5, 0.6) is 0 Å². The Balaban J connectivity index is 1.65. The molecule has 0 aliphatic rings. The van der Waals surface area contributed by atoms with E-state index in [4.69, 9.17) is 0 Å². The summed E-state index contributed by atoms with van der Waals surface area (Å²) < 4.78 is 13.1. The Morgan fingerprint density at radius 3 is 2.48 bits per heavy atom. The Kier molecular flexibility index (Phi) is 5.93. The molecule has 0 unspecified atom stereocenters. The summed E-state index contributed by atoms with van der Waals surface area (Å²) >= 11 is 1.27. The van der Waals surface area contributed by atoms with Gasteiger partial charge in [-0.2, -0.15) is 0 Å². The van der Waals surface area contributed by atoms with Crippen LogP contribution in [0.15, 0.2) is 60.0 Å². The smallest absolute Gasteiger partial charge is 0.257 e. The number of halogens is 1. The van der Waals surface area contributed by atoms with Crippen LogP contribution in [0.3, 0.4) is 0 Å². The van der Waals surface area contributed by atoms with Crippen molar-refractivity contribution in [3.05, 3.63) is 77.1 Å². The summed E-state index contributed by atoms with van der Waals surface area (Å²) in [6.45, 7) is 2.32. The Labute approximate surface area is 160 Å². The second kappa shape index (κ2) is 8.55. The van der Waals surface area contributed by atoms with Crippen molar-refractivity contribution in [1.82, 2.24) is 4.98 Å². The highest BCUT2D eigenvalue weighted by Crippen LogP contribution is 2.20. The molecule has 2 amide bonds. The quantitative estimate of drug-likeness (QED) is 0.696. The van der Waals surface area contributed by atoms with Gasteiger partial charge in [0.1, 0.15) is 5.82 Å². The van der Waals surface area contributed by atoms with E-state index < -0.39 is 0 Å². The van der Waals surface area contributed by atoms with Gasteiger partial charge in [0, 0.05) is 23.2 Å². The molecule has 7 heteroatoms. The molecule has 5 nitrogen and oxygen atoms in total. The van der Waals surface area contributed by atoms with Crippen molar-refractivity contribution in [2.45, 2.75) is 13.3 Å². The normalized spacial score (nSPS) is 10.4. The number of amides is 2. The number of likely N-dealkylation sites (N-methyl/N-ethyl adjacent to an activating group) is 1. The Morgan fingerprint density at radius 2 is 1.81 bits per heavy atom. The number of hydrogen-bond donors (Lipinski definition) is 1. The molecule has 3 rings (SSSR count). The van der Waals surface area contributed by atoms with Gasteiger partial charge in [-0.05, 0) is 43.3 Å². The summed E-state index contributed by atoms with van der Waals surface area (Å²) in [6.07, 6.45) is 0.100. The van der Waals surface area contributed by atoms with Crippen LogP contribution in [0.4, 0.5) is 15.2 Å². The van der Waals surface area contributed by atoms with E-state index in [1.54, 1.807) is 46.7 Å². The number of aromatic nitrogens is 1. The average Bonchev–Trinajstić information content (AvgIpc) is 3.11. The third-order valence-corrected chi connectivity index (χ3v) is 4.70. The Bertz CT molecular complexity index is 926. The van der Waals surface area contributed by atoms with E-state index >= 15 is 0 Å². The van der Waals surface area contributed by atoms with E-state index in [-0.39, 0.29) is 24.1 Å². The number of hydrogen-bond acceptors (Lipinski definition) is 4. The van der Waals surface area contributed by atoms with Gasteiger partial charge < -0.3 is 4.90 Å². The van der Waals surface area contributed by atoms with Crippen molar-refractivity contribution in [1.29, 1.82) is 0 Å².